The molecule has 0 aliphatic heterocycles. The number of nitrogens with zero attached hydrogens (tertiary/aromatic N) is 7. The maximum atomic E-state index is 13.3. The molecule has 0 aliphatic rings. The lowest BCUT2D eigenvalue weighted by Crippen LogP contribution is -2.29. The van der Waals surface area contributed by atoms with Crippen LogP contribution in [0, 0.1) is 11.6 Å². The van der Waals surface area contributed by atoms with Crippen molar-refractivity contribution in [2.45, 2.75) is 6.54 Å². The van der Waals surface area contributed by atoms with E-state index in [2.05, 4.69) is 41.0 Å². The quantitative estimate of drug-likeness (QED) is 0.217. The van der Waals surface area contributed by atoms with Gasteiger partial charge < -0.3 is 5.32 Å². The van der Waals surface area contributed by atoms with E-state index in [0.717, 1.165) is 27.9 Å². The first-order valence-corrected chi connectivity index (χ1v) is 14.1. The molecule has 0 atom stereocenters. The van der Waals surface area contributed by atoms with Gasteiger partial charge in [0, 0.05) is 53.6 Å². The van der Waals surface area contributed by atoms with Gasteiger partial charge in [-0.1, -0.05) is 35.5 Å². The van der Waals surface area contributed by atoms with Crippen LogP contribution in [0.4, 0.5) is 13.6 Å². The molecule has 0 saturated carbocycles. The van der Waals surface area contributed by atoms with Crippen molar-refractivity contribution in [2.24, 2.45) is 0 Å². The van der Waals surface area contributed by atoms with E-state index in [9.17, 15) is 13.6 Å². The fourth-order valence-corrected chi connectivity index (χ4v) is 4.59. The predicted molar refractivity (Wildman–Crippen MR) is 168 cm³/mol. The average Bonchev–Trinajstić information content (AvgIpc) is 3.78. The van der Waals surface area contributed by atoms with Crippen molar-refractivity contribution in [3.63, 3.8) is 0 Å². The summed E-state index contributed by atoms with van der Waals surface area (Å²) in [4.78, 5) is 20.8. The lowest BCUT2D eigenvalue weighted by Gasteiger charge is -2.09. The lowest BCUT2D eigenvalue weighted by molar-refractivity contribution is 0.239. The summed E-state index contributed by atoms with van der Waals surface area (Å²) in [5.74, 6) is -0.616. The van der Waals surface area contributed by atoms with Crippen molar-refractivity contribution in [3.05, 3.63) is 145 Å². The number of nitrogens with one attached hydrogen (secondary N) is 2. The Hall–Kier alpha value is -6.43. The average molecular weight is 614 g/mol. The highest BCUT2D eigenvalue weighted by atomic mass is 19.1. The Morgan fingerprint density at radius 2 is 1.13 bits per heavy atom. The second-order valence-corrected chi connectivity index (χ2v) is 9.85. The van der Waals surface area contributed by atoms with Crippen LogP contribution in [0.25, 0.3) is 45.0 Å². The topological polar surface area (TPSA) is 127 Å². The first kappa shape index (κ1) is 29.6. The number of pyridine rings is 2. The van der Waals surface area contributed by atoms with Crippen LogP contribution < -0.4 is 5.32 Å². The number of aromatic nitrogens is 8. The summed E-state index contributed by atoms with van der Waals surface area (Å²) in [6, 6.07) is 28.5. The molecule has 2 N–H and O–H groups in total. The van der Waals surface area contributed by atoms with Crippen LogP contribution in [0.5, 0.6) is 0 Å². The Morgan fingerprint density at radius 1 is 0.630 bits per heavy atom. The molecular weight excluding hydrogens is 588 g/mol. The van der Waals surface area contributed by atoms with Crippen LogP contribution in [0.3, 0.4) is 0 Å². The molecule has 7 aromatic rings. The Labute approximate surface area is 261 Å². The molecule has 0 radical (unpaired) electrons. The van der Waals surface area contributed by atoms with E-state index in [0.29, 0.717) is 29.2 Å². The smallest absolute Gasteiger partial charge is 0.332 e. The van der Waals surface area contributed by atoms with Gasteiger partial charge in [-0.3, -0.25) is 9.97 Å². The van der Waals surface area contributed by atoms with Crippen LogP contribution in [0.15, 0.2) is 128 Å². The van der Waals surface area contributed by atoms with Gasteiger partial charge in [-0.15, -0.1) is 5.10 Å². The molecule has 0 saturated heterocycles. The van der Waals surface area contributed by atoms with Gasteiger partial charge in [-0.2, -0.15) is 20.1 Å². The third-order valence-electron chi connectivity index (χ3n) is 6.84. The molecule has 0 bridgehead atoms. The third-order valence-corrected chi connectivity index (χ3v) is 6.84. The molecule has 12 heteroatoms. The van der Waals surface area contributed by atoms with Crippen LogP contribution in [0.2, 0.25) is 0 Å². The molecule has 10 nitrogen and oxygen atoms in total. The second-order valence-electron chi connectivity index (χ2n) is 9.85. The molecular formula is C34H25F2N9O. The number of rotatable bonds is 6. The first-order valence-electron chi connectivity index (χ1n) is 14.1. The zero-order chi connectivity index (χ0) is 31.7. The van der Waals surface area contributed by atoms with Gasteiger partial charge >= 0.3 is 6.03 Å². The van der Waals surface area contributed by atoms with Crippen molar-refractivity contribution in [3.8, 4) is 45.0 Å². The number of H-pyrrole nitrogens is 1. The van der Waals surface area contributed by atoms with E-state index in [-0.39, 0.29) is 11.6 Å². The van der Waals surface area contributed by atoms with E-state index in [4.69, 9.17) is 0 Å². The zero-order valence-electron chi connectivity index (χ0n) is 24.1. The number of hydrogen-bond donors (Lipinski definition) is 2. The van der Waals surface area contributed by atoms with Gasteiger partial charge in [0.2, 0.25) is 0 Å². The minimum atomic E-state index is -0.406. The van der Waals surface area contributed by atoms with Crippen molar-refractivity contribution in [1.82, 2.24) is 45.7 Å². The van der Waals surface area contributed by atoms with Crippen LogP contribution in [0.1, 0.15) is 5.56 Å². The van der Waals surface area contributed by atoms with Crippen molar-refractivity contribution in [2.75, 3.05) is 0 Å². The summed E-state index contributed by atoms with van der Waals surface area (Å²) in [6.45, 7) is 0.362. The molecule has 7 rings (SSSR count). The number of benzene rings is 3. The standard InChI is InChI=1S/C21H16FN5O.C13H9FN4/c22-18-8-6-16(7-9-18)19-20(17-10-12-23-13-11-17)27(26-25-19)21(28)24-14-15-4-2-1-3-5-15;14-11-3-1-9(2-4-11)12-13(17-18-16-12)10-5-7-15-8-6-10/h1-13H,14H2,(H,24,28);1-8H,(H,16,17,18). The Morgan fingerprint density at radius 3 is 1.70 bits per heavy atom. The molecule has 46 heavy (non-hydrogen) atoms. The highest BCUT2D eigenvalue weighted by Crippen LogP contribution is 2.30. The number of halogens is 2. The van der Waals surface area contributed by atoms with E-state index < -0.39 is 6.03 Å². The van der Waals surface area contributed by atoms with Crippen molar-refractivity contribution in [1.29, 1.82) is 0 Å². The van der Waals surface area contributed by atoms with E-state index in [1.54, 1.807) is 61.2 Å². The number of amides is 1. The van der Waals surface area contributed by atoms with Gasteiger partial charge in [0.15, 0.2) is 0 Å². The monoisotopic (exact) mass is 613 g/mol. The van der Waals surface area contributed by atoms with E-state index in [1.165, 1.54) is 28.9 Å². The maximum absolute atomic E-state index is 13.3. The Balaban J connectivity index is 0.000000178. The van der Waals surface area contributed by atoms with Gasteiger partial charge in [-0.05, 0) is 78.4 Å². The summed E-state index contributed by atoms with van der Waals surface area (Å²) < 4.78 is 27.4. The summed E-state index contributed by atoms with van der Waals surface area (Å²) in [7, 11) is 0. The molecule has 1 amide bonds. The molecule has 0 spiro atoms. The molecule has 0 unspecified atom stereocenters. The van der Waals surface area contributed by atoms with Crippen LogP contribution >= 0.6 is 0 Å². The number of hydrogen-bond acceptors (Lipinski definition) is 7. The number of aromatic amines is 1. The van der Waals surface area contributed by atoms with Crippen LogP contribution in [-0.2, 0) is 6.54 Å². The van der Waals surface area contributed by atoms with Gasteiger partial charge in [0.25, 0.3) is 0 Å². The summed E-state index contributed by atoms with van der Waals surface area (Å²) >= 11 is 0. The van der Waals surface area contributed by atoms with Gasteiger partial charge in [0.1, 0.15) is 34.4 Å². The van der Waals surface area contributed by atoms with E-state index in [1.807, 2.05) is 42.5 Å². The first-order chi connectivity index (χ1) is 22.6. The Kier molecular flexibility index (Phi) is 8.96. The van der Waals surface area contributed by atoms with Gasteiger partial charge in [0.05, 0.1) is 0 Å². The summed E-state index contributed by atoms with van der Waals surface area (Å²) in [5, 5.41) is 21.9. The fourth-order valence-electron chi connectivity index (χ4n) is 4.59. The molecule has 0 fully saturated rings. The second kappa shape index (κ2) is 13.9. The number of carbonyl (C=O) groups is 1. The zero-order valence-corrected chi connectivity index (χ0v) is 24.1. The molecule has 226 valence electrons. The van der Waals surface area contributed by atoms with Crippen molar-refractivity contribution >= 4 is 6.03 Å². The molecule has 4 aromatic heterocycles. The largest absolute Gasteiger partial charge is 0.344 e. The fraction of sp³-hybridized carbons (Fsp3) is 0.0294. The minimum Gasteiger partial charge on any atom is -0.332 e. The molecule has 3 aromatic carbocycles. The molecule has 0 aliphatic carbocycles. The minimum absolute atomic E-state index is 0.271. The SMILES string of the molecule is Fc1ccc(-c2n[nH]nc2-c2ccncc2)cc1.O=C(NCc1ccccc1)n1nnc(-c2ccc(F)cc2)c1-c1ccncc1. The lowest BCUT2D eigenvalue weighted by atomic mass is 10.1. The number of carbonyl (C=O) groups excluding carboxylic acids is 1. The predicted octanol–water partition coefficient (Wildman–Crippen LogP) is 6.58. The summed E-state index contributed by atoms with van der Waals surface area (Å²) in [6.07, 6.45) is 6.64. The van der Waals surface area contributed by atoms with E-state index >= 15 is 0 Å². The Bertz CT molecular complexity index is 2020. The van der Waals surface area contributed by atoms with Gasteiger partial charge in [-0.25, -0.2) is 13.6 Å². The third kappa shape index (κ3) is 6.86. The van der Waals surface area contributed by atoms with Crippen LogP contribution in [-0.4, -0.2) is 46.4 Å². The highest BCUT2D eigenvalue weighted by Gasteiger charge is 2.21. The normalized spacial score (nSPS) is 10.6. The highest BCUT2D eigenvalue weighted by molar-refractivity contribution is 5.87. The molecule has 4 heterocycles. The summed E-state index contributed by atoms with van der Waals surface area (Å²) in [5.41, 5.74) is 6.52. The maximum Gasteiger partial charge on any atom is 0.344 e. The van der Waals surface area contributed by atoms with Crippen molar-refractivity contribution < 1.29 is 13.6 Å².